The van der Waals surface area contributed by atoms with Gasteiger partial charge in [0.2, 0.25) is 5.88 Å². The SMILES string of the molecule is CN(c1ccc(F)cc1C(F)(F)F)c1cc(=O)n(C)c2c1CCN(c1cnn(C3=CCCCO3)c(=O)c1Cl)C2. The number of benzene rings is 1. The first-order valence-electron chi connectivity index (χ1n) is 12.2. The molecule has 0 spiro atoms. The standard InChI is InChI=1S/C26H24ClF4N5O3/c1-33(18-7-6-15(28)11-17(18)26(29,30)31)19-12-22(37)34(2)21-14-35(9-8-16(19)21)20-13-32-36(25(38)24(20)27)23-5-3-4-10-39-23/h5-7,11-13H,3-4,8-10,14H2,1-2H3. The summed E-state index contributed by atoms with van der Waals surface area (Å²) in [6.07, 6.45) is 0.342. The highest BCUT2D eigenvalue weighted by molar-refractivity contribution is 6.33. The molecule has 39 heavy (non-hydrogen) atoms. The minimum atomic E-state index is -4.80. The lowest BCUT2D eigenvalue weighted by molar-refractivity contribution is -0.137. The molecule has 0 radical (unpaired) electrons. The Labute approximate surface area is 225 Å². The summed E-state index contributed by atoms with van der Waals surface area (Å²) < 4.78 is 62.9. The molecule has 13 heteroatoms. The topological polar surface area (TPSA) is 72.6 Å². The Hall–Kier alpha value is -3.80. The van der Waals surface area contributed by atoms with Gasteiger partial charge in [-0.25, -0.2) is 4.39 Å². The van der Waals surface area contributed by atoms with Crippen molar-refractivity contribution in [3.8, 4) is 0 Å². The number of hydrogen-bond donors (Lipinski definition) is 0. The highest BCUT2D eigenvalue weighted by Gasteiger charge is 2.36. The van der Waals surface area contributed by atoms with E-state index < -0.39 is 28.7 Å². The second-order valence-corrected chi connectivity index (χ2v) is 9.71. The maximum atomic E-state index is 13.7. The predicted molar refractivity (Wildman–Crippen MR) is 139 cm³/mol. The maximum absolute atomic E-state index is 13.7. The third-order valence-electron chi connectivity index (χ3n) is 6.98. The average Bonchev–Trinajstić information content (AvgIpc) is 2.91. The molecule has 2 aliphatic rings. The number of fused-ring (bicyclic) bond motifs is 1. The molecule has 2 aromatic heterocycles. The van der Waals surface area contributed by atoms with Crippen LogP contribution in [0.25, 0.3) is 5.88 Å². The highest BCUT2D eigenvalue weighted by atomic mass is 35.5. The summed E-state index contributed by atoms with van der Waals surface area (Å²) in [5.41, 5.74) is -0.559. The highest BCUT2D eigenvalue weighted by Crippen LogP contribution is 2.41. The van der Waals surface area contributed by atoms with Crippen molar-refractivity contribution < 1.29 is 22.3 Å². The summed E-state index contributed by atoms with van der Waals surface area (Å²) in [5, 5.41) is 4.16. The van der Waals surface area contributed by atoms with Gasteiger partial charge in [0.05, 0.1) is 42.0 Å². The van der Waals surface area contributed by atoms with E-state index in [0.717, 1.165) is 29.7 Å². The van der Waals surface area contributed by atoms with Crippen molar-refractivity contribution in [2.45, 2.75) is 32.0 Å². The van der Waals surface area contributed by atoms with E-state index in [2.05, 4.69) is 5.10 Å². The van der Waals surface area contributed by atoms with Gasteiger partial charge < -0.3 is 19.1 Å². The molecule has 0 bridgehead atoms. The lowest BCUT2D eigenvalue weighted by Gasteiger charge is -2.35. The van der Waals surface area contributed by atoms with Crippen LogP contribution in [0.4, 0.5) is 34.6 Å². The Bertz CT molecular complexity index is 1600. The molecule has 8 nitrogen and oxygen atoms in total. The van der Waals surface area contributed by atoms with E-state index in [4.69, 9.17) is 16.3 Å². The van der Waals surface area contributed by atoms with Crippen LogP contribution in [-0.2, 0) is 30.9 Å². The Morgan fingerprint density at radius 1 is 1.15 bits per heavy atom. The summed E-state index contributed by atoms with van der Waals surface area (Å²) in [6.45, 7) is 0.976. The minimum Gasteiger partial charge on any atom is -0.478 e. The van der Waals surface area contributed by atoms with Crippen molar-refractivity contribution in [2.75, 3.05) is 30.0 Å². The minimum absolute atomic E-state index is 0.0667. The fourth-order valence-corrected chi connectivity index (χ4v) is 5.17. The fraction of sp³-hybridized carbons (Fsp3) is 0.346. The molecule has 0 amide bonds. The molecule has 0 unspecified atom stereocenters. The van der Waals surface area contributed by atoms with Crippen LogP contribution in [0, 0.1) is 5.82 Å². The van der Waals surface area contributed by atoms with Gasteiger partial charge in [-0.2, -0.15) is 23.0 Å². The van der Waals surface area contributed by atoms with Crippen LogP contribution in [0.15, 0.2) is 46.1 Å². The van der Waals surface area contributed by atoms with Gasteiger partial charge in [-0.15, -0.1) is 0 Å². The third-order valence-corrected chi connectivity index (χ3v) is 7.33. The molecule has 3 aromatic rings. The Morgan fingerprint density at radius 2 is 1.92 bits per heavy atom. The van der Waals surface area contributed by atoms with Gasteiger partial charge in [-0.3, -0.25) is 9.59 Å². The number of anilines is 3. The number of nitrogens with zero attached hydrogens (tertiary/aromatic N) is 5. The molecule has 1 aromatic carbocycles. The lowest BCUT2D eigenvalue weighted by Crippen LogP contribution is -2.38. The zero-order valence-corrected chi connectivity index (χ0v) is 21.8. The van der Waals surface area contributed by atoms with Crippen LogP contribution in [0.2, 0.25) is 5.02 Å². The number of allylic oxidation sites excluding steroid dienone is 1. The zero-order chi connectivity index (χ0) is 28.1. The molecule has 206 valence electrons. The number of ether oxygens (including phenoxy) is 1. The van der Waals surface area contributed by atoms with E-state index in [9.17, 15) is 27.2 Å². The van der Waals surface area contributed by atoms with Gasteiger partial charge in [0.1, 0.15) is 10.8 Å². The molecule has 0 saturated heterocycles. The summed E-state index contributed by atoms with van der Waals surface area (Å²) >= 11 is 6.47. The molecule has 0 atom stereocenters. The van der Waals surface area contributed by atoms with Crippen LogP contribution < -0.4 is 20.9 Å². The maximum Gasteiger partial charge on any atom is 0.418 e. The monoisotopic (exact) mass is 565 g/mol. The number of pyridine rings is 1. The first-order chi connectivity index (χ1) is 18.5. The van der Waals surface area contributed by atoms with E-state index in [1.165, 1.54) is 28.8 Å². The summed E-state index contributed by atoms with van der Waals surface area (Å²) in [7, 11) is 2.98. The van der Waals surface area contributed by atoms with E-state index >= 15 is 0 Å². The third kappa shape index (κ3) is 4.88. The summed E-state index contributed by atoms with van der Waals surface area (Å²) in [6, 6.07) is 3.70. The Morgan fingerprint density at radius 3 is 2.62 bits per heavy atom. The van der Waals surface area contributed by atoms with Crippen molar-refractivity contribution >= 4 is 34.5 Å². The summed E-state index contributed by atoms with van der Waals surface area (Å²) in [5.74, 6) is -0.697. The van der Waals surface area contributed by atoms with Crippen LogP contribution in [0.5, 0.6) is 0 Å². The molecule has 0 aliphatic carbocycles. The first-order valence-corrected chi connectivity index (χ1v) is 12.5. The van der Waals surface area contributed by atoms with Crippen LogP contribution in [-0.4, -0.2) is 34.5 Å². The average molecular weight is 566 g/mol. The molecule has 5 rings (SSSR count). The van der Waals surface area contributed by atoms with Crippen LogP contribution in [0.3, 0.4) is 0 Å². The number of alkyl halides is 3. The number of hydrogen-bond acceptors (Lipinski definition) is 6. The number of aromatic nitrogens is 3. The van der Waals surface area contributed by atoms with Gasteiger partial charge in [0.25, 0.3) is 11.1 Å². The van der Waals surface area contributed by atoms with E-state index in [1.807, 2.05) is 0 Å². The summed E-state index contributed by atoms with van der Waals surface area (Å²) in [4.78, 5) is 28.9. The van der Waals surface area contributed by atoms with Crippen molar-refractivity contribution in [1.82, 2.24) is 14.3 Å². The molecule has 0 saturated carbocycles. The van der Waals surface area contributed by atoms with E-state index in [1.54, 1.807) is 18.0 Å². The van der Waals surface area contributed by atoms with Crippen molar-refractivity contribution in [2.24, 2.45) is 7.05 Å². The number of halogens is 5. The van der Waals surface area contributed by atoms with Crippen LogP contribution in [0.1, 0.15) is 29.7 Å². The van der Waals surface area contributed by atoms with Crippen LogP contribution >= 0.6 is 11.6 Å². The molecule has 0 fully saturated rings. The second kappa shape index (κ2) is 10.1. The van der Waals surface area contributed by atoms with Crippen molar-refractivity contribution in [3.05, 3.63) is 84.9 Å². The lowest BCUT2D eigenvalue weighted by atomic mass is 10.00. The smallest absolute Gasteiger partial charge is 0.418 e. The molecular weight excluding hydrogens is 542 g/mol. The van der Waals surface area contributed by atoms with Gasteiger partial charge in [-0.1, -0.05) is 11.6 Å². The first kappa shape index (κ1) is 26.8. The van der Waals surface area contributed by atoms with Gasteiger partial charge in [-0.05, 0) is 49.1 Å². The van der Waals surface area contributed by atoms with Crippen molar-refractivity contribution in [3.63, 3.8) is 0 Å². The largest absolute Gasteiger partial charge is 0.478 e. The molecule has 0 N–H and O–H groups in total. The quantitative estimate of drug-likeness (QED) is 0.427. The Kier molecular flexibility index (Phi) is 6.91. The molecule has 4 heterocycles. The van der Waals surface area contributed by atoms with Crippen molar-refractivity contribution in [1.29, 1.82) is 0 Å². The number of rotatable bonds is 4. The predicted octanol–water partition coefficient (Wildman–Crippen LogP) is 4.69. The van der Waals surface area contributed by atoms with E-state index in [0.29, 0.717) is 48.5 Å². The zero-order valence-electron chi connectivity index (χ0n) is 21.1. The second-order valence-electron chi connectivity index (χ2n) is 9.34. The van der Waals surface area contributed by atoms with E-state index in [-0.39, 0.29) is 22.9 Å². The fourth-order valence-electron chi connectivity index (χ4n) is 4.92. The van der Waals surface area contributed by atoms with Gasteiger partial charge in [0, 0.05) is 32.4 Å². The molecular formula is C26H24ClF4N5O3. The van der Waals surface area contributed by atoms with Gasteiger partial charge >= 0.3 is 6.18 Å². The van der Waals surface area contributed by atoms with Gasteiger partial charge in [0.15, 0.2) is 0 Å². The Balaban J connectivity index is 1.53. The molecule has 2 aliphatic heterocycles. The normalized spacial score (nSPS) is 15.5.